The Kier molecular flexibility index (Phi) is 5.53. The van der Waals surface area contributed by atoms with Gasteiger partial charge in [0.15, 0.2) is 7.29 Å². The van der Waals surface area contributed by atoms with Gasteiger partial charge in [0.2, 0.25) is 0 Å². The number of hydrogen-bond acceptors (Lipinski definition) is 2. The van der Waals surface area contributed by atoms with Crippen molar-refractivity contribution in [2.75, 3.05) is 0 Å². The first kappa shape index (κ1) is 19.1. The lowest BCUT2D eigenvalue weighted by Crippen LogP contribution is -2.36. The number of benzene rings is 2. The molecule has 1 aliphatic heterocycles. The van der Waals surface area contributed by atoms with Gasteiger partial charge in [-0.05, 0) is 44.9 Å². The zero-order chi connectivity index (χ0) is 18.9. The maximum atomic E-state index is 14.8. The predicted octanol–water partition coefficient (Wildman–Crippen LogP) is 5.54. The molecule has 0 spiro atoms. The highest BCUT2D eigenvalue weighted by molar-refractivity contribution is 7.73. The summed E-state index contributed by atoms with van der Waals surface area (Å²) < 4.78 is 16.9. The van der Waals surface area contributed by atoms with Crippen LogP contribution in [-0.2, 0) is 4.57 Å². The number of aliphatic hydroxyl groups excluding tert-OH is 1. The lowest BCUT2D eigenvalue weighted by Gasteiger charge is -2.41. The van der Waals surface area contributed by atoms with Crippen LogP contribution in [-0.4, -0.2) is 28.0 Å². The average Bonchev–Trinajstić information content (AvgIpc) is 2.86. The summed E-state index contributed by atoms with van der Waals surface area (Å²) in [7, 11) is -3.07. The fourth-order valence-electron chi connectivity index (χ4n) is 4.21. The summed E-state index contributed by atoms with van der Waals surface area (Å²) in [6.07, 6.45) is 1.05. The first-order valence-electron chi connectivity index (χ1n) is 9.26. The fraction of sp³-hybridized carbons (Fsp3) is 0.364. The van der Waals surface area contributed by atoms with Gasteiger partial charge in [0.1, 0.15) is 0 Å². The zero-order valence-electron chi connectivity index (χ0n) is 15.9. The molecular formula is C22H28NO2P. The topological polar surface area (TPSA) is 40.5 Å². The third-order valence-corrected chi connectivity index (χ3v) is 9.05. The molecule has 3 nitrogen and oxygen atoms in total. The monoisotopic (exact) mass is 369 g/mol. The zero-order valence-corrected chi connectivity index (χ0v) is 16.8. The third-order valence-electron chi connectivity index (χ3n) is 4.99. The standard InChI is InChI=1S/C22H28NO2P/c1-16(2)23(17(3)4)26(25)21(18-11-7-5-8-12-18)15-20(24)22(26)19-13-9-6-10-14-19/h5-17,20,22,24H,1-4H3/t20-,22+,26+/m1/s1. The maximum absolute atomic E-state index is 14.8. The highest BCUT2D eigenvalue weighted by atomic mass is 31.2. The second-order valence-corrected chi connectivity index (χ2v) is 10.2. The van der Waals surface area contributed by atoms with Crippen molar-refractivity contribution in [3.8, 4) is 0 Å². The van der Waals surface area contributed by atoms with Gasteiger partial charge in [0.25, 0.3) is 0 Å². The molecule has 3 atom stereocenters. The minimum atomic E-state index is -3.07. The highest BCUT2D eigenvalue weighted by Crippen LogP contribution is 2.76. The van der Waals surface area contributed by atoms with Crippen LogP contribution in [0, 0.1) is 0 Å². The summed E-state index contributed by atoms with van der Waals surface area (Å²) in [6.45, 7) is 8.31. The molecule has 0 bridgehead atoms. The summed E-state index contributed by atoms with van der Waals surface area (Å²) in [5.74, 6) is 0. The molecule has 0 amide bonds. The van der Waals surface area contributed by atoms with Crippen LogP contribution in [0.2, 0.25) is 0 Å². The second kappa shape index (κ2) is 7.52. The molecule has 0 aromatic heterocycles. The van der Waals surface area contributed by atoms with Crippen LogP contribution >= 0.6 is 7.29 Å². The van der Waals surface area contributed by atoms with Crippen molar-refractivity contribution in [3.63, 3.8) is 0 Å². The molecule has 2 aromatic rings. The van der Waals surface area contributed by atoms with E-state index in [0.29, 0.717) is 0 Å². The normalized spacial score (nSPS) is 25.9. The van der Waals surface area contributed by atoms with Gasteiger partial charge >= 0.3 is 0 Å². The second-order valence-electron chi connectivity index (χ2n) is 7.45. The van der Waals surface area contributed by atoms with Crippen molar-refractivity contribution < 1.29 is 9.67 Å². The molecule has 26 heavy (non-hydrogen) atoms. The van der Waals surface area contributed by atoms with Crippen LogP contribution in [0.5, 0.6) is 0 Å². The van der Waals surface area contributed by atoms with E-state index in [1.807, 2.05) is 66.7 Å². The first-order chi connectivity index (χ1) is 12.4. The van der Waals surface area contributed by atoms with Gasteiger partial charge in [-0.15, -0.1) is 0 Å². The summed E-state index contributed by atoms with van der Waals surface area (Å²) in [5.41, 5.74) is 1.42. The molecule has 0 saturated heterocycles. The molecular weight excluding hydrogens is 341 g/mol. The van der Waals surface area contributed by atoms with Gasteiger partial charge < -0.3 is 9.67 Å². The lowest BCUT2D eigenvalue weighted by molar-refractivity contribution is 0.212. The molecule has 3 rings (SSSR count). The minimum Gasteiger partial charge on any atom is -0.388 e. The average molecular weight is 369 g/mol. The van der Waals surface area contributed by atoms with Gasteiger partial charge in [0, 0.05) is 17.4 Å². The molecule has 1 N–H and O–H groups in total. The van der Waals surface area contributed by atoms with E-state index in [0.717, 1.165) is 16.4 Å². The molecule has 2 aromatic carbocycles. The minimum absolute atomic E-state index is 0.101. The van der Waals surface area contributed by atoms with E-state index in [-0.39, 0.29) is 12.1 Å². The highest BCUT2D eigenvalue weighted by Gasteiger charge is 2.52. The van der Waals surface area contributed by atoms with Crippen molar-refractivity contribution in [1.29, 1.82) is 0 Å². The molecule has 138 valence electrons. The Morgan fingerprint density at radius 3 is 1.88 bits per heavy atom. The largest absolute Gasteiger partial charge is 0.388 e. The SMILES string of the molecule is CC(C)N(C(C)C)[P@]1(=O)C(c2ccccc2)=C[C@@H](O)[C@@H]1c1ccccc1. The third kappa shape index (κ3) is 3.20. The van der Waals surface area contributed by atoms with Crippen molar-refractivity contribution in [2.45, 2.75) is 51.5 Å². The predicted molar refractivity (Wildman–Crippen MR) is 109 cm³/mol. The summed E-state index contributed by atoms with van der Waals surface area (Å²) in [4.78, 5) is 0. The first-order valence-corrected chi connectivity index (χ1v) is 11.0. The van der Waals surface area contributed by atoms with E-state index in [2.05, 4.69) is 32.4 Å². The Hall–Kier alpha value is -1.67. The van der Waals surface area contributed by atoms with Gasteiger partial charge in [-0.25, -0.2) is 4.67 Å². The van der Waals surface area contributed by atoms with Crippen molar-refractivity contribution in [1.82, 2.24) is 4.67 Å². The van der Waals surface area contributed by atoms with Crippen LogP contribution in [0.25, 0.3) is 5.31 Å². The summed E-state index contributed by atoms with van der Waals surface area (Å²) >= 11 is 0. The van der Waals surface area contributed by atoms with Crippen LogP contribution in [0.15, 0.2) is 66.7 Å². The lowest BCUT2D eigenvalue weighted by atomic mass is 10.1. The van der Waals surface area contributed by atoms with Gasteiger partial charge in [-0.3, -0.25) is 0 Å². The number of rotatable bonds is 5. The Labute approximate surface area is 156 Å². The molecule has 0 saturated carbocycles. The van der Waals surface area contributed by atoms with E-state index in [9.17, 15) is 9.67 Å². The van der Waals surface area contributed by atoms with Crippen molar-refractivity contribution in [3.05, 3.63) is 77.9 Å². The number of aliphatic hydroxyl groups is 1. The maximum Gasteiger partial charge on any atom is 0.189 e. The Morgan fingerprint density at radius 1 is 0.885 bits per heavy atom. The van der Waals surface area contributed by atoms with Crippen LogP contribution in [0.1, 0.15) is 44.5 Å². The summed E-state index contributed by atoms with van der Waals surface area (Å²) in [5, 5.41) is 11.7. The Morgan fingerprint density at radius 2 is 1.38 bits per heavy atom. The molecule has 4 heteroatoms. The molecule has 0 fully saturated rings. The number of nitrogens with zero attached hydrogens (tertiary/aromatic N) is 1. The van der Waals surface area contributed by atoms with Gasteiger partial charge in [-0.1, -0.05) is 60.7 Å². The molecule has 1 aliphatic rings. The van der Waals surface area contributed by atoms with Gasteiger partial charge in [0.05, 0.1) is 11.8 Å². The van der Waals surface area contributed by atoms with E-state index in [1.165, 1.54) is 0 Å². The van der Waals surface area contributed by atoms with Gasteiger partial charge in [-0.2, -0.15) is 0 Å². The molecule has 0 radical (unpaired) electrons. The number of hydrogen-bond donors (Lipinski definition) is 1. The molecule has 0 unspecified atom stereocenters. The van der Waals surface area contributed by atoms with Crippen molar-refractivity contribution >= 4 is 12.6 Å². The van der Waals surface area contributed by atoms with Crippen molar-refractivity contribution in [2.24, 2.45) is 0 Å². The van der Waals surface area contributed by atoms with Crippen LogP contribution in [0.3, 0.4) is 0 Å². The summed E-state index contributed by atoms with van der Waals surface area (Å²) in [6, 6.07) is 19.8. The van der Waals surface area contributed by atoms with E-state index >= 15 is 0 Å². The Bertz CT molecular complexity index is 807. The quantitative estimate of drug-likeness (QED) is 0.704. The fourth-order valence-corrected chi connectivity index (χ4v) is 8.38. The van der Waals surface area contributed by atoms with E-state index in [1.54, 1.807) is 0 Å². The van der Waals surface area contributed by atoms with Crippen LogP contribution in [0.4, 0.5) is 0 Å². The Balaban J connectivity index is 2.22. The van der Waals surface area contributed by atoms with Crippen LogP contribution < -0.4 is 0 Å². The smallest absolute Gasteiger partial charge is 0.189 e. The van der Waals surface area contributed by atoms with E-state index < -0.39 is 19.1 Å². The molecule has 1 heterocycles. The van der Waals surface area contributed by atoms with E-state index in [4.69, 9.17) is 0 Å². The molecule has 0 aliphatic carbocycles.